The van der Waals surface area contributed by atoms with E-state index in [2.05, 4.69) is 0 Å². The molecule has 0 saturated heterocycles. The van der Waals surface area contributed by atoms with Crippen LogP contribution >= 0.6 is 0 Å². The van der Waals surface area contributed by atoms with Crippen LogP contribution in [0.2, 0.25) is 0 Å². The Labute approximate surface area is 210 Å². The van der Waals surface area contributed by atoms with Crippen LogP contribution in [-0.2, 0) is 0 Å². The van der Waals surface area contributed by atoms with Crippen LogP contribution in [0.15, 0.2) is 107 Å². The summed E-state index contributed by atoms with van der Waals surface area (Å²) >= 11 is 0. The van der Waals surface area contributed by atoms with Crippen molar-refractivity contribution in [1.82, 2.24) is 0 Å². The number of benzene rings is 4. The van der Waals surface area contributed by atoms with Crippen molar-refractivity contribution in [3.05, 3.63) is 119 Å². The van der Waals surface area contributed by atoms with Crippen LogP contribution in [0.1, 0.15) is 34.3 Å². The van der Waals surface area contributed by atoms with Crippen molar-refractivity contribution < 1.29 is 19.7 Å². The van der Waals surface area contributed by atoms with Gasteiger partial charge in [0.15, 0.2) is 0 Å². The molecule has 0 fully saturated rings. The smallest absolute Gasteiger partial charge is 0.124 e. The Morgan fingerprint density at radius 1 is 0.556 bits per heavy atom. The molecule has 2 N–H and O–H groups in total. The van der Waals surface area contributed by atoms with Gasteiger partial charge in [0.25, 0.3) is 0 Å². The first kappa shape index (κ1) is 24.5. The summed E-state index contributed by atoms with van der Waals surface area (Å²) in [6, 6.07) is 28.2. The van der Waals surface area contributed by atoms with Gasteiger partial charge in [0.2, 0.25) is 0 Å². The number of phenols is 2. The fraction of sp³-hybridized carbons (Fsp3) is 0.133. The van der Waals surface area contributed by atoms with Gasteiger partial charge in [0.1, 0.15) is 35.1 Å². The Balaban J connectivity index is 1.91. The quantitative estimate of drug-likeness (QED) is 0.282. The van der Waals surface area contributed by atoms with Gasteiger partial charge in [-0.25, -0.2) is 0 Å². The third kappa shape index (κ3) is 5.55. The molecule has 182 valence electrons. The number of hydrogen-bond acceptors (Lipinski definition) is 6. The van der Waals surface area contributed by atoms with Crippen LogP contribution in [0.25, 0.3) is 0 Å². The number of para-hydroxylation sites is 4. The number of aliphatic imine (C=N–C) groups is 2. The lowest BCUT2D eigenvalue weighted by Gasteiger charge is -2.25. The molecule has 4 aromatic carbocycles. The number of nitrogens with zero attached hydrogens (tertiary/aromatic N) is 2. The molecular formula is C30H28N2O4. The third-order valence-electron chi connectivity index (χ3n) is 5.84. The average Bonchev–Trinajstić information content (AvgIpc) is 2.92. The summed E-state index contributed by atoms with van der Waals surface area (Å²) in [6.45, 7) is 0. The molecule has 36 heavy (non-hydrogen) atoms. The Morgan fingerprint density at radius 3 is 1.31 bits per heavy atom. The van der Waals surface area contributed by atoms with E-state index in [9.17, 15) is 10.2 Å². The summed E-state index contributed by atoms with van der Waals surface area (Å²) in [6.07, 6.45) is 3.29. The average molecular weight is 481 g/mol. The Kier molecular flexibility index (Phi) is 7.98. The lowest BCUT2D eigenvalue weighted by atomic mass is 9.92. The number of ether oxygens (including phenoxy) is 2. The monoisotopic (exact) mass is 480 g/mol. The van der Waals surface area contributed by atoms with Gasteiger partial charge in [-0.2, -0.15) is 0 Å². The highest BCUT2D eigenvalue weighted by Gasteiger charge is 2.28. The molecule has 0 spiro atoms. The summed E-state index contributed by atoms with van der Waals surface area (Å²) in [7, 11) is 3.23. The molecule has 0 bridgehead atoms. The van der Waals surface area contributed by atoms with Gasteiger partial charge in [0, 0.05) is 34.7 Å². The van der Waals surface area contributed by atoms with Gasteiger partial charge >= 0.3 is 0 Å². The highest BCUT2D eigenvalue weighted by Crippen LogP contribution is 2.42. The van der Waals surface area contributed by atoms with Crippen molar-refractivity contribution >= 4 is 12.4 Å². The maximum Gasteiger partial charge on any atom is 0.124 e. The molecule has 0 heterocycles. The first-order chi connectivity index (χ1) is 17.6. The molecule has 6 heteroatoms. The molecule has 0 saturated carbocycles. The lowest BCUT2D eigenvalue weighted by Crippen LogP contribution is -2.11. The van der Waals surface area contributed by atoms with Gasteiger partial charge < -0.3 is 19.7 Å². The van der Waals surface area contributed by atoms with Gasteiger partial charge in [-0.15, -0.1) is 0 Å². The number of hydrogen-bond donors (Lipinski definition) is 2. The van der Waals surface area contributed by atoms with E-state index in [1.807, 2.05) is 60.7 Å². The zero-order chi connectivity index (χ0) is 25.3. The first-order valence-electron chi connectivity index (χ1n) is 11.5. The lowest BCUT2D eigenvalue weighted by molar-refractivity contribution is 0.392. The fourth-order valence-corrected chi connectivity index (χ4v) is 4.00. The molecule has 0 aliphatic heterocycles. The maximum absolute atomic E-state index is 10.3. The van der Waals surface area contributed by atoms with Crippen molar-refractivity contribution in [2.24, 2.45) is 9.98 Å². The highest BCUT2D eigenvalue weighted by atomic mass is 16.5. The van der Waals surface area contributed by atoms with E-state index in [1.165, 1.54) is 0 Å². The Morgan fingerprint density at radius 2 is 0.917 bits per heavy atom. The number of methoxy groups -OCH3 is 2. The second-order valence-electron chi connectivity index (χ2n) is 8.05. The predicted octanol–water partition coefficient (Wildman–Crippen LogP) is 6.14. The number of rotatable bonds is 9. The summed E-state index contributed by atoms with van der Waals surface area (Å²) in [4.78, 5) is 9.85. The minimum atomic E-state index is -0.542. The highest BCUT2D eigenvalue weighted by molar-refractivity contribution is 5.84. The Hall–Kier alpha value is -4.58. The molecule has 0 radical (unpaired) electrons. The largest absolute Gasteiger partial charge is 0.507 e. The van der Waals surface area contributed by atoms with E-state index in [4.69, 9.17) is 19.5 Å². The normalized spacial score (nSPS) is 13.1. The zero-order valence-corrected chi connectivity index (χ0v) is 20.2. The van der Waals surface area contributed by atoms with Gasteiger partial charge in [-0.1, -0.05) is 60.7 Å². The minimum Gasteiger partial charge on any atom is -0.507 e. The van der Waals surface area contributed by atoms with Gasteiger partial charge in [0.05, 0.1) is 14.2 Å². The van der Waals surface area contributed by atoms with Crippen molar-refractivity contribution in [2.45, 2.75) is 12.1 Å². The first-order valence-corrected chi connectivity index (χ1v) is 11.5. The summed E-state index contributed by atoms with van der Waals surface area (Å²) in [5.41, 5.74) is 2.80. The summed E-state index contributed by atoms with van der Waals surface area (Å²) in [5.74, 6) is 1.59. The number of phenolic OH excluding ortho intramolecular Hbond substituents is 2. The zero-order valence-electron chi connectivity index (χ0n) is 20.2. The minimum absolute atomic E-state index is 0.131. The van der Waals surface area contributed by atoms with Crippen LogP contribution in [-0.4, -0.2) is 36.9 Å². The van der Waals surface area contributed by atoms with Crippen LogP contribution < -0.4 is 9.47 Å². The SMILES string of the molecule is COc1ccccc1[C@@H](N=Cc1ccccc1O)[C@H](N=Cc1ccccc1O)c1ccccc1OC. The van der Waals surface area contributed by atoms with Crippen molar-refractivity contribution in [2.75, 3.05) is 14.2 Å². The third-order valence-corrected chi connectivity index (χ3v) is 5.84. The van der Waals surface area contributed by atoms with Gasteiger partial charge in [-0.3, -0.25) is 9.98 Å². The van der Waals surface area contributed by atoms with Crippen molar-refractivity contribution in [1.29, 1.82) is 0 Å². The molecule has 0 unspecified atom stereocenters. The Bertz CT molecular complexity index is 1260. The van der Waals surface area contributed by atoms with Crippen molar-refractivity contribution in [3.8, 4) is 23.0 Å². The van der Waals surface area contributed by atoms with E-state index in [0.717, 1.165) is 11.1 Å². The van der Waals surface area contributed by atoms with Crippen molar-refractivity contribution in [3.63, 3.8) is 0 Å². The predicted molar refractivity (Wildman–Crippen MR) is 143 cm³/mol. The van der Waals surface area contributed by atoms with Crippen LogP contribution in [0, 0.1) is 0 Å². The molecule has 4 aromatic rings. The second-order valence-corrected chi connectivity index (χ2v) is 8.05. The van der Waals surface area contributed by atoms with Crippen LogP contribution in [0.5, 0.6) is 23.0 Å². The molecule has 2 atom stereocenters. The topological polar surface area (TPSA) is 83.6 Å². The standard InChI is InChI=1S/C30H28N2O4/c1-35-27-17-9-5-13-23(27)29(31-19-21-11-3-7-15-25(21)33)30(24-14-6-10-18-28(24)36-2)32-20-22-12-4-8-16-26(22)34/h3-20,29-30,33-34H,1-2H3/t29-,30-/m1/s1. The van der Waals surface area contributed by atoms with E-state index >= 15 is 0 Å². The second kappa shape index (κ2) is 11.7. The van der Waals surface area contributed by atoms with E-state index in [1.54, 1.807) is 63.0 Å². The van der Waals surface area contributed by atoms with E-state index in [-0.39, 0.29) is 11.5 Å². The van der Waals surface area contributed by atoms with E-state index < -0.39 is 12.1 Å². The van der Waals surface area contributed by atoms with Crippen LogP contribution in [0.3, 0.4) is 0 Å². The molecule has 0 amide bonds. The van der Waals surface area contributed by atoms with Gasteiger partial charge in [-0.05, 0) is 36.4 Å². The number of aromatic hydroxyl groups is 2. The molecular weight excluding hydrogens is 452 g/mol. The molecule has 6 nitrogen and oxygen atoms in total. The maximum atomic E-state index is 10.3. The molecule has 0 aliphatic rings. The molecule has 0 aliphatic carbocycles. The van der Waals surface area contributed by atoms with E-state index in [0.29, 0.717) is 22.6 Å². The summed E-state index contributed by atoms with van der Waals surface area (Å²) < 4.78 is 11.4. The summed E-state index contributed by atoms with van der Waals surface area (Å²) in [5, 5.41) is 20.6. The molecule has 0 aromatic heterocycles. The molecule has 4 rings (SSSR count). The van der Waals surface area contributed by atoms with Crippen LogP contribution in [0.4, 0.5) is 0 Å². The fourth-order valence-electron chi connectivity index (χ4n) is 4.00.